The van der Waals surface area contributed by atoms with Gasteiger partial charge in [-0.05, 0) is 82.0 Å². The van der Waals surface area contributed by atoms with Crippen LogP contribution >= 0.6 is 0 Å². The lowest BCUT2D eigenvalue weighted by atomic mass is 9.46. The number of hydrogen-bond acceptors (Lipinski definition) is 5. The van der Waals surface area contributed by atoms with Crippen molar-refractivity contribution in [2.24, 2.45) is 34.5 Å². The molecule has 0 unspecified atom stereocenters. The molecule has 0 spiro atoms. The molecular weight excluding hydrogens is 380 g/mol. The smallest absolute Gasteiger partial charge is 0.305 e. The molecule has 4 aliphatic rings. The van der Waals surface area contributed by atoms with Crippen LogP contribution in [-0.4, -0.2) is 23.5 Å². The Hall–Kier alpha value is -1.65. The number of esters is 2. The van der Waals surface area contributed by atoms with Gasteiger partial charge in [-0.15, -0.1) is 0 Å². The summed E-state index contributed by atoms with van der Waals surface area (Å²) >= 11 is 0. The Bertz CT molecular complexity index is 781. The summed E-state index contributed by atoms with van der Waals surface area (Å²) in [5, 5.41) is 0. The van der Waals surface area contributed by atoms with Gasteiger partial charge in [0.1, 0.15) is 5.78 Å². The van der Waals surface area contributed by atoms with Crippen LogP contribution in [0.15, 0.2) is 11.6 Å². The van der Waals surface area contributed by atoms with E-state index in [1.165, 1.54) is 19.4 Å². The van der Waals surface area contributed by atoms with Gasteiger partial charge in [-0.1, -0.05) is 18.6 Å². The monoisotopic (exact) mass is 416 g/mol. The summed E-state index contributed by atoms with van der Waals surface area (Å²) < 4.78 is 11.9. The molecule has 4 aliphatic carbocycles. The minimum atomic E-state index is -1.23. The molecule has 3 saturated carbocycles. The number of rotatable bonds is 3. The van der Waals surface area contributed by atoms with Gasteiger partial charge in [0.05, 0.1) is 5.41 Å². The highest BCUT2D eigenvalue weighted by Gasteiger charge is 2.67. The fourth-order valence-electron chi connectivity index (χ4n) is 8.19. The first-order valence-electron chi connectivity index (χ1n) is 11.6. The van der Waals surface area contributed by atoms with Crippen LogP contribution < -0.4 is 0 Å². The van der Waals surface area contributed by atoms with E-state index < -0.39 is 23.1 Å². The average Bonchev–Trinajstić information content (AvgIpc) is 2.99. The zero-order valence-corrected chi connectivity index (χ0v) is 19.1. The molecule has 0 bridgehead atoms. The fraction of sp³-hybridized carbons (Fsp3) is 0.800. The van der Waals surface area contributed by atoms with Crippen LogP contribution in [0.4, 0.5) is 0 Å². The number of ketones is 1. The maximum atomic E-state index is 12.4. The van der Waals surface area contributed by atoms with E-state index in [0.29, 0.717) is 24.0 Å². The number of allylic oxidation sites excluding steroid dienone is 1. The quantitative estimate of drug-likeness (QED) is 0.369. The maximum Gasteiger partial charge on any atom is 0.305 e. The molecule has 0 N–H and O–H groups in total. The molecule has 0 aliphatic heterocycles. The van der Waals surface area contributed by atoms with E-state index in [1.807, 2.05) is 0 Å². The Morgan fingerprint density at radius 3 is 2.20 bits per heavy atom. The zero-order chi connectivity index (χ0) is 21.9. The van der Waals surface area contributed by atoms with Crippen molar-refractivity contribution in [2.45, 2.75) is 91.8 Å². The Balaban J connectivity index is 1.78. The number of carbonyl (C=O) groups is 3. The molecule has 0 aromatic carbocycles. The second-order valence-electron chi connectivity index (χ2n) is 10.6. The van der Waals surface area contributed by atoms with Gasteiger partial charge in [-0.25, -0.2) is 0 Å². The largest absolute Gasteiger partial charge is 0.422 e. The highest BCUT2D eigenvalue weighted by molar-refractivity contribution is 5.79. The summed E-state index contributed by atoms with van der Waals surface area (Å²) in [5.41, 5.74) is 0.818. The number of carbonyl (C=O) groups excluding carboxylic acids is 3. The molecule has 166 valence electrons. The number of hydrogen-bond donors (Lipinski definition) is 0. The Kier molecular flexibility index (Phi) is 5.18. The molecule has 0 aromatic heterocycles. The maximum absolute atomic E-state index is 12.4. The first-order chi connectivity index (χ1) is 14.0. The predicted octanol–water partition coefficient (Wildman–Crippen LogP) is 4.98. The summed E-state index contributed by atoms with van der Waals surface area (Å²) in [4.78, 5) is 36.7. The molecule has 0 aromatic rings. The van der Waals surface area contributed by atoms with Gasteiger partial charge in [0.15, 0.2) is 0 Å². The van der Waals surface area contributed by atoms with E-state index in [1.54, 1.807) is 6.92 Å². The second-order valence-corrected chi connectivity index (χ2v) is 10.6. The minimum Gasteiger partial charge on any atom is -0.422 e. The Labute approximate surface area is 179 Å². The Morgan fingerprint density at radius 2 is 1.60 bits per heavy atom. The fourth-order valence-corrected chi connectivity index (χ4v) is 8.19. The van der Waals surface area contributed by atoms with Crippen molar-refractivity contribution in [1.29, 1.82) is 0 Å². The van der Waals surface area contributed by atoms with Crippen molar-refractivity contribution >= 4 is 17.7 Å². The Morgan fingerprint density at radius 1 is 0.933 bits per heavy atom. The highest BCUT2D eigenvalue weighted by atomic mass is 16.7. The van der Waals surface area contributed by atoms with Crippen LogP contribution in [0.25, 0.3) is 0 Å². The number of ether oxygens (including phenoxy) is 2. The van der Waals surface area contributed by atoms with Crippen LogP contribution in [0, 0.1) is 34.5 Å². The summed E-state index contributed by atoms with van der Waals surface area (Å²) in [6, 6.07) is 0. The predicted molar refractivity (Wildman–Crippen MR) is 112 cm³/mol. The van der Waals surface area contributed by atoms with Crippen molar-refractivity contribution in [1.82, 2.24) is 0 Å². The first-order valence-corrected chi connectivity index (χ1v) is 11.6. The van der Waals surface area contributed by atoms with Gasteiger partial charge in [-0.2, -0.15) is 0 Å². The van der Waals surface area contributed by atoms with E-state index in [2.05, 4.69) is 19.9 Å². The lowest BCUT2D eigenvalue weighted by Gasteiger charge is -2.61. The molecule has 0 amide bonds. The molecule has 6 atom stereocenters. The van der Waals surface area contributed by atoms with Crippen LogP contribution in [0.5, 0.6) is 0 Å². The molecule has 0 radical (unpaired) electrons. The second kappa shape index (κ2) is 7.20. The van der Waals surface area contributed by atoms with Crippen molar-refractivity contribution in [3.05, 3.63) is 11.6 Å². The lowest BCUT2D eigenvalue weighted by molar-refractivity contribution is -0.289. The molecular formula is C25H36O5. The van der Waals surface area contributed by atoms with Crippen molar-refractivity contribution < 1.29 is 23.9 Å². The number of Topliss-reactive ketones (excluding diaryl/α,β-unsaturated/α-hetero) is 1. The third kappa shape index (κ3) is 2.90. The molecule has 5 nitrogen and oxygen atoms in total. The normalized spacial score (nSPS) is 41.6. The van der Waals surface area contributed by atoms with E-state index in [0.717, 1.165) is 44.9 Å². The van der Waals surface area contributed by atoms with Gasteiger partial charge in [0, 0.05) is 26.2 Å². The van der Waals surface area contributed by atoms with E-state index >= 15 is 0 Å². The molecule has 4 rings (SSSR count). The lowest BCUT2D eigenvalue weighted by Crippen LogP contribution is -2.63. The summed E-state index contributed by atoms with van der Waals surface area (Å²) in [6.07, 6.45) is 9.73. The number of fused-ring (bicyclic) bond motifs is 5. The van der Waals surface area contributed by atoms with E-state index in [9.17, 15) is 14.4 Å². The van der Waals surface area contributed by atoms with Gasteiger partial charge in [-0.3, -0.25) is 14.4 Å². The third-order valence-corrected chi connectivity index (χ3v) is 9.33. The zero-order valence-electron chi connectivity index (χ0n) is 19.1. The SMILES string of the molecule is CC(=O)OC1(OC(C)=O)CCCC2=CC[C@H]3[C@@H]4CC[C@@H](C(C)=O)[C@@]4(C)CC[C@@H]3[C@]21C. The van der Waals surface area contributed by atoms with Crippen molar-refractivity contribution in [2.75, 3.05) is 0 Å². The van der Waals surface area contributed by atoms with Gasteiger partial charge < -0.3 is 9.47 Å². The van der Waals surface area contributed by atoms with Crippen LogP contribution in [0.2, 0.25) is 0 Å². The van der Waals surface area contributed by atoms with Crippen molar-refractivity contribution in [3.8, 4) is 0 Å². The summed E-state index contributed by atoms with van der Waals surface area (Å²) in [5.74, 6) is -0.384. The van der Waals surface area contributed by atoms with Crippen LogP contribution in [-0.2, 0) is 23.9 Å². The first kappa shape index (κ1) is 21.6. The third-order valence-electron chi connectivity index (χ3n) is 9.33. The minimum absolute atomic E-state index is 0.0505. The molecule has 30 heavy (non-hydrogen) atoms. The molecule has 5 heteroatoms. The van der Waals surface area contributed by atoms with E-state index in [4.69, 9.17) is 9.47 Å². The van der Waals surface area contributed by atoms with Crippen LogP contribution in [0.3, 0.4) is 0 Å². The van der Waals surface area contributed by atoms with E-state index in [-0.39, 0.29) is 17.3 Å². The molecule has 0 heterocycles. The summed E-state index contributed by atoms with van der Waals surface area (Å²) in [7, 11) is 0. The van der Waals surface area contributed by atoms with Crippen LogP contribution in [0.1, 0.15) is 86.0 Å². The highest BCUT2D eigenvalue weighted by Crippen LogP contribution is 2.68. The molecule has 3 fully saturated rings. The van der Waals surface area contributed by atoms with Gasteiger partial charge in [0.25, 0.3) is 5.79 Å². The standard InChI is InChI=1S/C25H36O5/c1-15(26)20-10-11-21-19-9-8-18-7-6-13-25(29-16(2)27,30-17(3)28)24(18,5)22(19)12-14-23(20,21)4/h8,19-22H,6-7,9-14H2,1-5H3/t19-,20-,21-,22-,23+,24-/m0/s1. The molecule has 0 saturated heterocycles. The summed E-state index contributed by atoms with van der Waals surface area (Å²) in [6.45, 7) is 9.04. The average molecular weight is 417 g/mol. The van der Waals surface area contributed by atoms with Gasteiger partial charge >= 0.3 is 11.9 Å². The van der Waals surface area contributed by atoms with Crippen molar-refractivity contribution in [3.63, 3.8) is 0 Å². The van der Waals surface area contributed by atoms with Gasteiger partial charge in [0.2, 0.25) is 0 Å². The topological polar surface area (TPSA) is 69.7 Å².